The first-order valence-corrected chi connectivity index (χ1v) is 6.77. The molecule has 3 atom stereocenters. The normalized spacial score (nSPS) is 31.3. The van der Waals surface area contributed by atoms with Gasteiger partial charge in [0.25, 0.3) is 0 Å². The quantitative estimate of drug-likeness (QED) is 0.759. The molecule has 1 fully saturated rings. The molecule has 0 spiro atoms. The zero-order valence-corrected chi connectivity index (χ0v) is 10.3. The summed E-state index contributed by atoms with van der Waals surface area (Å²) in [4.78, 5) is 11.6. The fourth-order valence-corrected chi connectivity index (χ4v) is 3.60. The number of hydrogen-bond donors (Lipinski definition) is 0. The van der Waals surface area contributed by atoms with Gasteiger partial charge in [0.2, 0.25) is 0 Å². The third-order valence-corrected chi connectivity index (χ3v) is 4.61. The van der Waals surface area contributed by atoms with Crippen LogP contribution in [0.25, 0.3) is 0 Å². The molecule has 0 aliphatic heterocycles. The molecule has 0 amide bonds. The molecule has 3 unspecified atom stereocenters. The van der Waals surface area contributed by atoms with Crippen molar-refractivity contribution in [3.8, 4) is 5.75 Å². The van der Waals surface area contributed by atoms with Crippen LogP contribution in [0.2, 0.25) is 0 Å². The number of Topliss-reactive ketones (excluding diaryl/α,β-unsaturated/α-hetero) is 1. The van der Waals surface area contributed by atoms with Crippen molar-refractivity contribution in [3.05, 3.63) is 41.5 Å². The smallest absolute Gasteiger partial charge is 0.171 e. The van der Waals surface area contributed by atoms with Gasteiger partial charge < -0.3 is 4.74 Å². The Bertz CT molecular complexity index is 544. The zero-order valence-electron chi connectivity index (χ0n) is 10.3. The van der Waals surface area contributed by atoms with Crippen molar-refractivity contribution in [2.75, 3.05) is 6.61 Å². The second kappa shape index (κ2) is 3.71. The van der Waals surface area contributed by atoms with Gasteiger partial charge in [0, 0.05) is 6.42 Å². The lowest BCUT2D eigenvalue weighted by Gasteiger charge is -2.23. The number of benzene rings is 1. The Balaban J connectivity index is 1.48. The van der Waals surface area contributed by atoms with E-state index in [0.29, 0.717) is 18.3 Å². The maximum Gasteiger partial charge on any atom is 0.171 e. The topological polar surface area (TPSA) is 26.3 Å². The van der Waals surface area contributed by atoms with Gasteiger partial charge in [-0.15, -0.1) is 0 Å². The predicted molar refractivity (Wildman–Crippen MR) is 68.8 cm³/mol. The van der Waals surface area contributed by atoms with E-state index in [4.69, 9.17) is 4.74 Å². The molecule has 2 heteroatoms. The molecule has 0 radical (unpaired) electrons. The highest BCUT2D eigenvalue weighted by Crippen LogP contribution is 2.43. The van der Waals surface area contributed by atoms with E-state index in [-0.39, 0.29) is 5.78 Å². The van der Waals surface area contributed by atoms with Crippen molar-refractivity contribution in [3.63, 3.8) is 0 Å². The van der Waals surface area contributed by atoms with Gasteiger partial charge in [-0.1, -0.05) is 24.3 Å². The van der Waals surface area contributed by atoms with Gasteiger partial charge in [0.1, 0.15) is 5.75 Å². The van der Waals surface area contributed by atoms with Crippen LogP contribution >= 0.6 is 0 Å². The lowest BCUT2D eigenvalue weighted by molar-refractivity contribution is 0.0960. The van der Waals surface area contributed by atoms with E-state index in [1.807, 2.05) is 18.2 Å². The lowest BCUT2D eigenvalue weighted by atomic mass is 9.86. The molecular formula is C16H16O2. The van der Waals surface area contributed by atoms with Gasteiger partial charge in [0.05, 0.1) is 12.2 Å². The van der Waals surface area contributed by atoms with Gasteiger partial charge in [-0.2, -0.15) is 0 Å². The average Bonchev–Trinajstić information content (AvgIpc) is 2.96. The van der Waals surface area contributed by atoms with Gasteiger partial charge >= 0.3 is 0 Å². The zero-order chi connectivity index (χ0) is 12.1. The molecule has 0 aromatic heterocycles. The van der Waals surface area contributed by atoms with Crippen molar-refractivity contribution >= 4 is 5.78 Å². The van der Waals surface area contributed by atoms with Crippen LogP contribution in [0, 0.1) is 17.8 Å². The van der Waals surface area contributed by atoms with Crippen LogP contribution in [-0.2, 0) is 6.42 Å². The van der Waals surface area contributed by atoms with E-state index in [0.717, 1.165) is 29.4 Å². The summed E-state index contributed by atoms with van der Waals surface area (Å²) in [6.45, 7) is 0.759. The standard InChI is InChI=1S/C16H16O2/c17-14-8-12-2-1-3-15(16(12)14)18-9-13-7-10-4-5-11(13)6-10/h1-5,10-11,13H,6-9H2. The van der Waals surface area contributed by atoms with E-state index in [1.54, 1.807) is 0 Å². The molecule has 0 heterocycles. The molecular weight excluding hydrogens is 224 g/mol. The Morgan fingerprint density at radius 1 is 1.22 bits per heavy atom. The molecule has 4 rings (SSSR count). The largest absolute Gasteiger partial charge is 0.493 e. The maximum atomic E-state index is 11.6. The Labute approximate surface area is 107 Å². The van der Waals surface area contributed by atoms with Crippen LogP contribution in [0.1, 0.15) is 28.8 Å². The molecule has 3 aliphatic rings. The van der Waals surface area contributed by atoms with Crippen molar-refractivity contribution < 1.29 is 9.53 Å². The molecule has 92 valence electrons. The summed E-state index contributed by atoms with van der Waals surface area (Å²) in [5.41, 5.74) is 1.97. The SMILES string of the molecule is O=C1Cc2cccc(OCC3CC4C=CC3C4)c21. The Morgan fingerprint density at radius 3 is 2.89 bits per heavy atom. The Hall–Kier alpha value is -1.57. The highest BCUT2D eigenvalue weighted by atomic mass is 16.5. The molecule has 1 aromatic rings. The minimum atomic E-state index is 0.230. The van der Waals surface area contributed by atoms with Crippen LogP contribution in [0.3, 0.4) is 0 Å². The van der Waals surface area contributed by atoms with Gasteiger partial charge in [-0.3, -0.25) is 4.79 Å². The molecule has 1 aromatic carbocycles. The number of rotatable bonds is 3. The second-order valence-corrected chi connectivity index (χ2v) is 5.74. The number of ether oxygens (including phenoxy) is 1. The van der Waals surface area contributed by atoms with Crippen LogP contribution < -0.4 is 4.74 Å². The minimum Gasteiger partial charge on any atom is -0.493 e. The van der Waals surface area contributed by atoms with E-state index in [1.165, 1.54) is 12.8 Å². The highest BCUT2D eigenvalue weighted by Gasteiger charge is 2.36. The van der Waals surface area contributed by atoms with Gasteiger partial charge in [-0.05, 0) is 42.2 Å². The molecule has 2 bridgehead atoms. The summed E-state index contributed by atoms with van der Waals surface area (Å²) in [6.07, 6.45) is 7.84. The van der Waals surface area contributed by atoms with Crippen LogP contribution in [0.15, 0.2) is 30.4 Å². The average molecular weight is 240 g/mol. The number of carbonyl (C=O) groups excluding carboxylic acids is 1. The van der Waals surface area contributed by atoms with Crippen LogP contribution in [0.4, 0.5) is 0 Å². The summed E-state index contributed by atoms with van der Waals surface area (Å²) in [7, 11) is 0. The number of fused-ring (bicyclic) bond motifs is 3. The number of carbonyl (C=O) groups is 1. The highest BCUT2D eigenvalue weighted by molar-refractivity contribution is 6.08. The van der Waals surface area contributed by atoms with E-state index >= 15 is 0 Å². The van der Waals surface area contributed by atoms with Gasteiger partial charge in [0.15, 0.2) is 5.78 Å². The molecule has 0 saturated heterocycles. The first-order valence-electron chi connectivity index (χ1n) is 6.77. The molecule has 2 nitrogen and oxygen atoms in total. The molecule has 1 saturated carbocycles. The summed E-state index contributed by atoms with van der Waals surface area (Å²) >= 11 is 0. The fourth-order valence-electron chi connectivity index (χ4n) is 3.60. The summed E-state index contributed by atoms with van der Waals surface area (Å²) < 4.78 is 5.92. The molecule has 18 heavy (non-hydrogen) atoms. The summed E-state index contributed by atoms with van der Waals surface area (Å²) in [5.74, 6) is 3.17. The van der Waals surface area contributed by atoms with Crippen molar-refractivity contribution in [2.45, 2.75) is 19.3 Å². The minimum absolute atomic E-state index is 0.230. The van der Waals surface area contributed by atoms with Crippen molar-refractivity contribution in [2.24, 2.45) is 17.8 Å². The van der Waals surface area contributed by atoms with Crippen LogP contribution in [-0.4, -0.2) is 12.4 Å². The molecule has 3 aliphatic carbocycles. The Kier molecular flexibility index (Phi) is 2.14. The number of ketones is 1. The number of allylic oxidation sites excluding steroid dienone is 2. The first-order chi connectivity index (χ1) is 8.81. The van der Waals surface area contributed by atoms with Crippen molar-refractivity contribution in [1.29, 1.82) is 0 Å². The van der Waals surface area contributed by atoms with Crippen LogP contribution in [0.5, 0.6) is 5.75 Å². The third-order valence-electron chi connectivity index (χ3n) is 4.61. The predicted octanol–water partition coefficient (Wildman–Crippen LogP) is 3.02. The first kappa shape index (κ1) is 10.4. The third kappa shape index (κ3) is 1.45. The number of hydrogen-bond acceptors (Lipinski definition) is 2. The monoisotopic (exact) mass is 240 g/mol. The van der Waals surface area contributed by atoms with E-state index < -0.39 is 0 Å². The molecule has 0 N–H and O–H groups in total. The maximum absolute atomic E-state index is 11.6. The Morgan fingerprint density at radius 2 is 2.17 bits per heavy atom. The fraction of sp³-hybridized carbons (Fsp3) is 0.438. The van der Waals surface area contributed by atoms with Gasteiger partial charge in [-0.25, -0.2) is 0 Å². The van der Waals surface area contributed by atoms with E-state index in [2.05, 4.69) is 12.2 Å². The van der Waals surface area contributed by atoms with E-state index in [9.17, 15) is 4.79 Å². The van der Waals surface area contributed by atoms with Crippen molar-refractivity contribution in [1.82, 2.24) is 0 Å². The second-order valence-electron chi connectivity index (χ2n) is 5.74. The lowest BCUT2D eigenvalue weighted by Crippen LogP contribution is -2.22. The summed E-state index contributed by atoms with van der Waals surface area (Å²) in [5, 5.41) is 0. The summed E-state index contributed by atoms with van der Waals surface area (Å²) in [6, 6.07) is 5.93.